The smallest absolute Gasteiger partial charge is 0.247 e. The van der Waals surface area contributed by atoms with Gasteiger partial charge in [-0.25, -0.2) is 4.98 Å². The van der Waals surface area contributed by atoms with Crippen LogP contribution in [-0.4, -0.2) is 19.6 Å². The molecule has 31 heavy (non-hydrogen) atoms. The summed E-state index contributed by atoms with van der Waals surface area (Å²) in [4.78, 5) is 4.73. The van der Waals surface area contributed by atoms with Crippen LogP contribution < -0.4 is 0 Å². The molecule has 0 saturated heterocycles. The summed E-state index contributed by atoms with van der Waals surface area (Å²) < 4.78 is 8.92. The summed E-state index contributed by atoms with van der Waals surface area (Å²) in [7, 11) is 0. The highest BCUT2D eigenvalue weighted by atomic mass is 79.9. The van der Waals surface area contributed by atoms with Crippen molar-refractivity contribution in [3.05, 3.63) is 76.1 Å². The summed E-state index contributed by atoms with van der Waals surface area (Å²) in [6.45, 7) is 2.05. The van der Waals surface area contributed by atoms with Gasteiger partial charge in [0.15, 0.2) is 5.65 Å². The van der Waals surface area contributed by atoms with E-state index in [1.165, 1.54) is 0 Å². The number of rotatable bonds is 5. The van der Waals surface area contributed by atoms with Gasteiger partial charge in [-0.2, -0.15) is 5.26 Å². The second-order valence-corrected chi connectivity index (χ2v) is 8.82. The summed E-state index contributed by atoms with van der Waals surface area (Å²) in [5.41, 5.74) is 5.00. The molecule has 3 aromatic heterocycles. The molecule has 0 saturated carbocycles. The number of fused-ring (bicyclic) bond motifs is 3. The van der Waals surface area contributed by atoms with E-state index in [1.54, 1.807) is 11.8 Å². The standard InChI is InChI=1S/C23H16BrN5OS/c1-2-14-11-21(29-19-6-4-3-5-18(19)26-22(29)17(14)12-25)31-13-20-27-28-23(30-20)15-7-9-16(24)10-8-15/h3-11H,2,13H2,1H3. The summed E-state index contributed by atoms with van der Waals surface area (Å²) >= 11 is 5.02. The SMILES string of the molecule is CCc1cc(SCc2nnc(-c3ccc(Br)cc3)o2)n2c(nc3ccccc32)c1C#N. The van der Waals surface area contributed by atoms with E-state index in [0.717, 1.165) is 38.1 Å². The van der Waals surface area contributed by atoms with Crippen molar-refractivity contribution >= 4 is 44.4 Å². The van der Waals surface area contributed by atoms with Gasteiger partial charge in [0.25, 0.3) is 0 Å². The van der Waals surface area contributed by atoms with Gasteiger partial charge in [-0.05, 0) is 54.4 Å². The average Bonchev–Trinajstić information content (AvgIpc) is 3.42. The number of pyridine rings is 1. The highest BCUT2D eigenvalue weighted by molar-refractivity contribution is 9.10. The fourth-order valence-electron chi connectivity index (χ4n) is 3.51. The van der Waals surface area contributed by atoms with E-state index in [4.69, 9.17) is 9.40 Å². The summed E-state index contributed by atoms with van der Waals surface area (Å²) in [5, 5.41) is 19.1. The summed E-state index contributed by atoms with van der Waals surface area (Å²) in [6.07, 6.45) is 0.754. The molecule has 0 amide bonds. The van der Waals surface area contributed by atoms with Crippen LogP contribution in [0.25, 0.3) is 28.1 Å². The fourth-order valence-corrected chi connectivity index (χ4v) is 4.70. The number of hydrogen-bond donors (Lipinski definition) is 0. The highest BCUT2D eigenvalue weighted by Gasteiger charge is 2.17. The van der Waals surface area contributed by atoms with E-state index < -0.39 is 0 Å². The van der Waals surface area contributed by atoms with Crippen LogP contribution in [0.15, 0.2) is 68.5 Å². The normalized spacial score (nSPS) is 11.3. The molecule has 0 spiro atoms. The molecule has 0 atom stereocenters. The molecule has 0 aliphatic heterocycles. The first-order valence-electron chi connectivity index (χ1n) is 9.72. The van der Waals surface area contributed by atoms with Crippen LogP contribution in [0.2, 0.25) is 0 Å². The van der Waals surface area contributed by atoms with Gasteiger partial charge >= 0.3 is 0 Å². The first kappa shape index (κ1) is 19.8. The van der Waals surface area contributed by atoms with Crippen LogP contribution in [0.5, 0.6) is 0 Å². The molecular weight excluding hydrogens is 474 g/mol. The monoisotopic (exact) mass is 489 g/mol. The molecule has 0 bridgehead atoms. The van der Waals surface area contributed by atoms with Crippen molar-refractivity contribution in [1.82, 2.24) is 19.6 Å². The van der Waals surface area contributed by atoms with E-state index >= 15 is 0 Å². The Balaban J connectivity index is 1.52. The molecule has 3 heterocycles. The summed E-state index contributed by atoms with van der Waals surface area (Å²) in [5.74, 6) is 1.55. The first-order valence-corrected chi connectivity index (χ1v) is 11.5. The first-order chi connectivity index (χ1) is 15.2. The quantitative estimate of drug-likeness (QED) is 0.280. The lowest BCUT2D eigenvalue weighted by Gasteiger charge is -2.10. The number of halogens is 1. The number of thioether (sulfide) groups is 1. The molecule has 5 rings (SSSR count). The molecule has 0 unspecified atom stereocenters. The fraction of sp³-hybridized carbons (Fsp3) is 0.130. The predicted octanol–water partition coefficient (Wildman–Crippen LogP) is 6.03. The Hall–Kier alpha value is -3.15. The van der Waals surface area contributed by atoms with Crippen molar-refractivity contribution in [3.63, 3.8) is 0 Å². The molecule has 5 aromatic rings. The second-order valence-electron chi connectivity index (χ2n) is 6.90. The number of nitriles is 1. The van der Waals surface area contributed by atoms with Gasteiger partial charge in [0, 0.05) is 10.0 Å². The number of nitrogens with zero attached hydrogens (tertiary/aromatic N) is 5. The van der Waals surface area contributed by atoms with Crippen molar-refractivity contribution < 1.29 is 4.42 Å². The lowest BCUT2D eigenvalue weighted by atomic mass is 10.1. The Morgan fingerprint density at radius 2 is 1.94 bits per heavy atom. The van der Waals surface area contributed by atoms with E-state index in [9.17, 15) is 5.26 Å². The Morgan fingerprint density at radius 1 is 1.13 bits per heavy atom. The third kappa shape index (κ3) is 3.60. The van der Waals surface area contributed by atoms with Gasteiger partial charge in [0.1, 0.15) is 6.07 Å². The number of para-hydroxylation sites is 2. The third-order valence-corrected chi connectivity index (χ3v) is 6.53. The maximum atomic E-state index is 9.75. The predicted molar refractivity (Wildman–Crippen MR) is 124 cm³/mol. The Morgan fingerprint density at radius 3 is 2.71 bits per heavy atom. The number of imidazole rings is 1. The van der Waals surface area contributed by atoms with E-state index in [-0.39, 0.29) is 0 Å². The van der Waals surface area contributed by atoms with Crippen molar-refractivity contribution in [2.75, 3.05) is 0 Å². The van der Waals surface area contributed by atoms with Gasteiger partial charge in [-0.3, -0.25) is 4.40 Å². The van der Waals surface area contributed by atoms with Gasteiger partial charge in [0.2, 0.25) is 11.8 Å². The zero-order chi connectivity index (χ0) is 21.4. The molecule has 6 nitrogen and oxygen atoms in total. The van der Waals surface area contributed by atoms with Crippen LogP contribution in [0.3, 0.4) is 0 Å². The van der Waals surface area contributed by atoms with E-state index in [0.29, 0.717) is 28.7 Å². The number of benzene rings is 2. The molecule has 0 fully saturated rings. The number of hydrogen-bond acceptors (Lipinski definition) is 6. The van der Waals surface area contributed by atoms with Crippen LogP contribution in [0.4, 0.5) is 0 Å². The van der Waals surface area contributed by atoms with E-state index in [1.807, 2.05) is 59.9 Å². The Bertz CT molecular complexity index is 1450. The molecule has 0 radical (unpaired) electrons. The van der Waals surface area contributed by atoms with Gasteiger partial charge in [0.05, 0.1) is 27.4 Å². The molecule has 8 heteroatoms. The zero-order valence-electron chi connectivity index (χ0n) is 16.5. The van der Waals surface area contributed by atoms with Crippen molar-refractivity contribution in [2.24, 2.45) is 0 Å². The highest BCUT2D eigenvalue weighted by Crippen LogP contribution is 2.32. The van der Waals surface area contributed by atoms with Crippen LogP contribution in [0.1, 0.15) is 23.9 Å². The van der Waals surface area contributed by atoms with Gasteiger partial charge in [-0.15, -0.1) is 10.2 Å². The van der Waals surface area contributed by atoms with Crippen molar-refractivity contribution in [3.8, 4) is 17.5 Å². The largest absolute Gasteiger partial charge is 0.420 e. The van der Waals surface area contributed by atoms with Crippen LogP contribution >= 0.6 is 27.7 Å². The van der Waals surface area contributed by atoms with Crippen LogP contribution in [0, 0.1) is 11.3 Å². The number of aromatic nitrogens is 4. The second kappa shape index (κ2) is 8.17. The minimum atomic E-state index is 0.496. The minimum Gasteiger partial charge on any atom is -0.420 e. The topological polar surface area (TPSA) is 80.0 Å². The summed E-state index contributed by atoms with van der Waals surface area (Å²) in [6, 6.07) is 20.1. The molecule has 0 N–H and O–H groups in total. The lowest BCUT2D eigenvalue weighted by molar-refractivity contribution is 0.528. The molecular formula is C23H16BrN5OS. The Labute approximate surface area is 191 Å². The van der Waals surface area contributed by atoms with Gasteiger partial charge in [-0.1, -0.05) is 46.7 Å². The molecule has 0 aliphatic rings. The van der Waals surface area contributed by atoms with E-state index in [2.05, 4.69) is 38.3 Å². The van der Waals surface area contributed by atoms with Crippen molar-refractivity contribution in [2.45, 2.75) is 24.1 Å². The molecule has 152 valence electrons. The van der Waals surface area contributed by atoms with Crippen LogP contribution in [-0.2, 0) is 12.2 Å². The maximum absolute atomic E-state index is 9.75. The average molecular weight is 490 g/mol. The molecule has 2 aromatic carbocycles. The van der Waals surface area contributed by atoms with Gasteiger partial charge < -0.3 is 4.42 Å². The zero-order valence-corrected chi connectivity index (χ0v) is 18.9. The lowest BCUT2D eigenvalue weighted by Crippen LogP contribution is -1.99. The minimum absolute atomic E-state index is 0.496. The van der Waals surface area contributed by atoms with Crippen molar-refractivity contribution in [1.29, 1.82) is 5.26 Å². The Kier molecular flexibility index (Phi) is 5.22. The molecule has 0 aliphatic carbocycles. The number of aryl methyl sites for hydroxylation is 1. The third-order valence-electron chi connectivity index (χ3n) is 5.02. The maximum Gasteiger partial charge on any atom is 0.247 e.